The van der Waals surface area contributed by atoms with E-state index in [0.29, 0.717) is 40.1 Å². The quantitative estimate of drug-likeness (QED) is 0.500. The summed E-state index contributed by atoms with van der Waals surface area (Å²) in [4.78, 5) is 0. The van der Waals surface area contributed by atoms with Crippen LogP contribution in [0.3, 0.4) is 0 Å². The van der Waals surface area contributed by atoms with Crippen molar-refractivity contribution >= 4 is 29.0 Å². The average molecular weight is 426 g/mol. The highest BCUT2D eigenvalue weighted by atomic mass is 35.5. The Morgan fingerprint density at radius 2 is 1.68 bits per heavy atom. The molecule has 0 fully saturated rings. The number of alkyl halides is 3. The molecule has 0 radical (unpaired) electrons. The van der Waals surface area contributed by atoms with Gasteiger partial charge in [0.25, 0.3) is 0 Å². The van der Waals surface area contributed by atoms with Gasteiger partial charge in [-0.3, -0.25) is 0 Å². The topological polar surface area (TPSA) is 29.9 Å². The molecule has 0 aliphatic carbocycles. The molecule has 0 unspecified atom stereocenters. The highest BCUT2D eigenvalue weighted by Crippen LogP contribution is 2.42. The number of nitrogens with zero attached hydrogens (tertiary/aromatic N) is 2. The molecule has 0 saturated heterocycles. The van der Waals surface area contributed by atoms with E-state index in [-0.39, 0.29) is 5.69 Å². The summed E-state index contributed by atoms with van der Waals surface area (Å²) < 4.78 is 42.1. The Bertz CT molecular complexity index is 1010. The first-order valence-electron chi connectivity index (χ1n) is 8.84. The minimum atomic E-state index is -4.50. The van der Waals surface area contributed by atoms with Crippen molar-refractivity contribution in [1.82, 2.24) is 9.78 Å². The van der Waals surface area contributed by atoms with Gasteiger partial charge in [0.05, 0.1) is 21.3 Å². The van der Waals surface area contributed by atoms with Crippen molar-refractivity contribution in [3.8, 4) is 16.9 Å². The number of para-hydroxylation sites is 1. The predicted octanol–water partition coefficient (Wildman–Crippen LogP) is 6.61. The van der Waals surface area contributed by atoms with Crippen LogP contribution in [0, 0.1) is 0 Å². The molecule has 1 N–H and O–H groups in total. The summed E-state index contributed by atoms with van der Waals surface area (Å²) in [6.07, 6.45) is -2.03. The van der Waals surface area contributed by atoms with Gasteiger partial charge in [0.2, 0.25) is 0 Å². The maximum absolute atomic E-state index is 13.6. The summed E-state index contributed by atoms with van der Waals surface area (Å²) in [6.45, 7) is 0.655. The molecular weight excluding hydrogens is 410 g/mol. The van der Waals surface area contributed by atoms with Crippen LogP contribution >= 0.6 is 23.2 Å². The van der Waals surface area contributed by atoms with Crippen LogP contribution in [0.15, 0.2) is 42.5 Å². The third kappa shape index (κ3) is 3.35. The molecule has 3 aromatic rings. The average Bonchev–Trinajstić information content (AvgIpc) is 2.83. The summed E-state index contributed by atoms with van der Waals surface area (Å²) >= 11 is 12.7. The van der Waals surface area contributed by atoms with E-state index in [4.69, 9.17) is 23.2 Å². The maximum atomic E-state index is 13.6. The van der Waals surface area contributed by atoms with Crippen molar-refractivity contribution in [2.75, 3.05) is 11.9 Å². The van der Waals surface area contributed by atoms with E-state index in [9.17, 15) is 13.2 Å². The molecule has 1 aliphatic rings. The number of rotatable bonds is 2. The van der Waals surface area contributed by atoms with Gasteiger partial charge in [-0.05, 0) is 43.5 Å². The third-order valence-corrected chi connectivity index (χ3v) is 5.40. The van der Waals surface area contributed by atoms with Crippen LogP contribution < -0.4 is 5.32 Å². The first kappa shape index (κ1) is 19.2. The number of anilines is 1. The smallest absolute Gasteiger partial charge is 0.370 e. The maximum Gasteiger partial charge on any atom is 0.418 e. The molecule has 3 nitrogen and oxygen atoms in total. The van der Waals surface area contributed by atoms with Gasteiger partial charge in [0.15, 0.2) is 0 Å². The SMILES string of the molecule is FC(F)(F)c1ccccc1-n1nc(-c2c(Cl)cccc2Cl)c2c1NCCCC2. The van der Waals surface area contributed by atoms with Gasteiger partial charge in [-0.2, -0.15) is 18.3 Å². The van der Waals surface area contributed by atoms with E-state index in [2.05, 4.69) is 10.4 Å². The molecule has 8 heteroatoms. The summed E-state index contributed by atoms with van der Waals surface area (Å²) in [5, 5.41) is 8.62. The van der Waals surface area contributed by atoms with Crippen molar-refractivity contribution in [2.24, 2.45) is 0 Å². The Labute approximate surface area is 170 Å². The van der Waals surface area contributed by atoms with E-state index in [0.717, 1.165) is 24.5 Å². The third-order valence-electron chi connectivity index (χ3n) is 4.77. The fourth-order valence-electron chi connectivity index (χ4n) is 3.50. The number of fused-ring (bicyclic) bond motifs is 1. The van der Waals surface area contributed by atoms with Gasteiger partial charge in [-0.15, -0.1) is 0 Å². The summed E-state index contributed by atoms with van der Waals surface area (Å²) in [7, 11) is 0. The predicted molar refractivity (Wildman–Crippen MR) is 105 cm³/mol. The zero-order valence-electron chi connectivity index (χ0n) is 14.7. The standard InChI is InChI=1S/C20H16Cl2F3N3/c21-14-8-5-9-15(22)17(14)18-12-6-3-4-11-26-19(12)28(27-18)16-10-2-1-7-13(16)20(23,24)25/h1-2,5,7-10,26H,3-4,6,11H2. The molecule has 4 rings (SSSR count). The van der Waals surface area contributed by atoms with Gasteiger partial charge in [0, 0.05) is 17.7 Å². The molecule has 0 spiro atoms. The van der Waals surface area contributed by atoms with E-state index in [1.807, 2.05) is 0 Å². The van der Waals surface area contributed by atoms with Crippen LogP contribution in [0.4, 0.5) is 19.0 Å². The Kier molecular flexibility index (Phi) is 5.02. The zero-order chi connectivity index (χ0) is 19.9. The molecule has 28 heavy (non-hydrogen) atoms. The Morgan fingerprint density at radius 3 is 2.39 bits per heavy atom. The van der Waals surface area contributed by atoms with Gasteiger partial charge in [-0.25, -0.2) is 4.68 Å². The second-order valence-corrected chi connectivity index (χ2v) is 7.40. The Balaban J connectivity index is 2.00. The van der Waals surface area contributed by atoms with Crippen LogP contribution in [0.25, 0.3) is 16.9 Å². The van der Waals surface area contributed by atoms with Crippen molar-refractivity contribution in [3.05, 3.63) is 63.6 Å². The number of halogens is 5. The monoisotopic (exact) mass is 425 g/mol. The van der Waals surface area contributed by atoms with Crippen LogP contribution in [-0.2, 0) is 12.6 Å². The summed E-state index contributed by atoms with van der Waals surface area (Å²) in [5.41, 5.74) is 1.09. The Hall–Kier alpha value is -2.18. The van der Waals surface area contributed by atoms with Gasteiger partial charge < -0.3 is 5.32 Å². The first-order valence-corrected chi connectivity index (χ1v) is 9.60. The number of nitrogens with one attached hydrogen (secondary N) is 1. The van der Waals surface area contributed by atoms with Gasteiger partial charge in [-0.1, -0.05) is 41.4 Å². The Morgan fingerprint density at radius 1 is 0.964 bits per heavy atom. The molecule has 1 aromatic heterocycles. The molecule has 0 atom stereocenters. The van der Waals surface area contributed by atoms with Crippen LogP contribution in [0.1, 0.15) is 24.0 Å². The lowest BCUT2D eigenvalue weighted by atomic mass is 10.0. The highest BCUT2D eigenvalue weighted by Gasteiger charge is 2.35. The van der Waals surface area contributed by atoms with Gasteiger partial charge in [0.1, 0.15) is 11.5 Å². The van der Waals surface area contributed by atoms with E-state index in [1.54, 1.807) is 24.3 Å². The molecule has 2 heterocycles. The minimum absolute atomic E-state index is 0.0323. The number of aromatic nitrogens is 2. The highest BCUT2D eigenvalue weighted by molar-refractivity contribution is 6.39. The van der Waals surface area contributed by atoms with Crippen LogP contribution in [-0.4, -0.2) is 16.3 Å². The van der Waals surface area contributed by atoms with Crippen molar-refractivity contribution < 1.29 is 13.2 Å². The van der Waals surface area contributed by atoms with E-state index >= 15 is 0 Å². The van der Waals surface area contributed by atoms with Crippen molar-refractivity contribution in [2.45, 2.75) is 25.4 Å². The van der Waals surface area contributed by atoms with Crippen LogP contribution in [0.5, 0.6) is 0 Å². The largest absolute Gasteiger partial charge is 0.418 e. The number of benzene rings is 2. The van der Waals surface area contributed by atoms with E-state index < -0.39 is 11.7 Å². The lowest BCUT2D eigenvalue weighted by Crippen LogP contribution is -2.14. The minimum Gasteiger partial charge on any atom is -0.370 e. The molecule has 1 aliphatic heterocycles. The van der Waals surface area contributed by atoms with Gasteiger partial charge >= 0.3 is 6.18 Å². The normalized spacial score (nSPS) is 14.3. The van der Waals surface area contributed by atoms with Crippen LogP contribution in [0.2, 0.25) is 10.0 Å². The lowest BCUT2D eigenvalue weighted by molar-refractivity contribution is -0.137. The second kappa shape index (κ2) is 7.33. The zero-order valence-corrected chi connectivity index (χ0v) is 16.2. The molecule has 146 valence electrons. The summed E-state index contributed by atoms with van der Waals surface area (Å²) in [5.74, 6) is 0.556. The molecule has 0 saturated carbocycles. The molecule has 0 bridgehead atoms. The van der Waals surface area contributed by atoms with E-state index in [1.165, 1.54) is 16.8 Å². The number of hydrogen-bond donors (Lipinski definition) is 1. The number of hydrogen-bond acceptors (Lipinski definition) is 2. The van der Waals surface area contributed by atoms with Crippen molar-refractivity contribution in [3.63, 3.8) is 0 Å². The first-order chi connectivity index (χ1) is 13.4. The molecule has 2 aromatic carbocycles. The fourth-order valence-corrected chi connectivity index (χ4v) is 4.08. The lowest BCUT2D eigenvalue weighted by Gasteiger charge is -2.15. The molecular formula is C20H16Cl2F3N3. The summed E-state index contributed by atoms with van der Waals surface area (Å²) in [6, 6.07) is 10.5. The molecule has 0 amide bonds. The fraction of sp³-hybridized carbons (Fsp3) is 0.250. The second-order valence-electron chi connectivity index (χ2n) is 6.58. The van der Waals surface area contributed by atoms with Crippen molar-refractivity contribution in [1.29, 1.82) is 0 Å².